The van der Waals surface area contributed by atoms with Crippen molar-refractivity contribution in [2.75, 3.05) is 19.8 Å². The van der Waals surface area contributed by atoms with E-state index < -0.39 is 5.97 Å². The molecule has 1 aromatic rings. The maximum Gasteiger partial charge on any atom is 0.307 e. The first-order valence-corrected chi connectivity index (χ1v) is 5.68. The summed E-state index contributed by atoms with van der Waals surface area (Å²) in [6.45, 7) is 4.13. The zero-order chi connectivity index (χ0) is 12.5. The summed E-state index contributed by atoms with van der Waals surface area (Å²) in [6, 6.07) is 7.42. The summed E-state index contributed by atoms with van der Waals surface area (Å²) in [6.07, 6.45) is 0.0327. The smallest absolute Gasteiger partial charge is 0.307 e. The zero-order valence-corrected chi connectivity index (χ0v) is 10.0. The average molecular weight is 238 g/mol. The lowest BCUT2D eigenvalue weighted by atomic mass is 10.1. The van der Waals surface area contributed by atoms with Gasteiger partial charge in [0, 0.05) is 6.61 Å². The molecule has 0 bridgehead atoms. The van der Waals surface area contributed by atoms with E-state index in [0.717, 1.165) is 11.1 Å². The lowest BCUT2D eigenvalue weighted by Crippen LogP contribution is -2.07. The maximum atomic E-state index is 10.7. The number of benzene rings is 1. The van der Waals surface area contributed by atoms with Gasteiger partial charge in [-0.1, -0.05) is 24.3 Å². The van der Waals surface area contributed by atoms with Gasteiger partial charge in [-0.15, -0.1) is 0 Å². The number of ether oxygens (including phenoxy) is 2. The molecule has 0 radical (unpaired) electrons. The molecule has 0 amide bonds. The number of rotatable bonds is 8. The van der Waals surface area contributed by atoms with E-state index in [1.54, 1.807) is 0 Å². The highest BCUT2D eigenvalue weighted by molar-refractivity contribution is 5.70. The quantitative estimate of drug-likeness (QED) is 0.702. The van der Waals surface area contributed by atoms with Crippen molar-refractivity contribution in [1.82, 2.24) is 0 Å². The molecule has 0 saturated carbocycles. The van der Waals surface area contributed by atoms with Crippen LogP contribution < -0.4 is 0 Å². The summed E-state index contributed by atoms with van der Waals surface area (Å²) >= 11 is 0. The highest BCUT2D eigenvalue weighted by Gasteiger charge is 2.05. The van der Waals surface area contributed by atoms with E-state index in [-0.39, 0.29) is 6.42 Å². The van der Waals surface area contributed by atoms with Crippen LogP contribution in [-0.4, -0.2) is 30.9 Å². The monoisotopic (exact) mass is 238 g/mol. The van der Waals surface area contributed by atoms with Crippen molar-refractivity contribution in [2.45, 2.75) is 20.0 Å². The number of aliphatic carboxylic acids is 1. The second kappa shape index (κ2) is 7.81. The number of hydrogen-bond donors (Lipinski definition) is 1. The molecule has 0 heterocycles. The Balaban J connectivity index is 2.43. The van der Waals surface area contributed by atoms with E-state index in [1.165, 1.54) is 0 Å². The number of carboxylic acids is 1. The van der Waals surface area contributed by atoms with Gasteiger partial charge in [0.2, 0.25) is 0 Å². The van der Waals surface area contributed by atoms with Crippen molar-refractivity contribution in [3.05, 3.63) is 35.4 Å². The lowest BCUT2D eigenvalue weighted by molar-refractivity contribution is -0.136. The van der Waals surface area contributed by atoms with Gasteiger partial charge in [-0.3, -0.25) is 4.79 Å². The molecule has 0 aliphatic rings. The van der Waals surface area contributed by atoms with Gasteiger partial charge < -0.3 is 14.6 Å². The van der Waals surface area contributed by atoms with E-state index in [4.69, 9.17) is 14.6 Å². The van der Waals surface area contributed by atoms with Crippen LogP contribution in [0.3, 0.4) is 0 Å². The third-order valence-corrected chi connectivity index (χ3v) is 2.29. The molecule has 17 heavy (non-hydrogen) atoms. The van der Waals surface area contributed by atoms with Gasteiger partial charge >= 0.3 is 5.97 Å². The predicted molar refractivity (Wildman–Crippen MR) is 63.9 cm³/mol. The van der Waals surface area contributed by atoms with Gasteiger partial charge in [0.1, 0.15) is 0 Å². The Morgan fingerprint density at radius 1 is 1.18 bits per heavy atom. The minimum atomic E-state index is -0.827. The molecule has 0 saturated heterocycles. The van der Waals surface area contributed by atoms with Gasteiger partial charge in [0.05, 0.1) is 26.2 Å². The Morgan fingerprint density at radius 3 is 2.47 bits per heavy atom. The fourth-order valence-electron chi connectivity index (χ4n) is 1.48. The van der Waals surface area contributed by atoms with Gasteiger partial charge in [-0.25, -0.2) is 0 Å². The van der Waals surface area contributed by atoms with E-state index in [0.29, 0.717) is 26.4 Å². The van der Waals surface area contributed by atoms with Crippen LogP contribution in [0.5, 0.6) is 0 Å². The van der Waals surface area contributed by atoms with Gasteiger partial charge in [-0.2, -0.15) is 0 Å². The fraction of sp³-hybridized carbons (Fsp3) is 0.462. The molecule has 4 heteroatoms. The lowest BCUT2D eigenvalue weighted by Gasteiger charge is -2.08. The Labute approximate surface area is 101 Å². The van der Waals surface area contributed by atoms with Crippen LogP contribution in [0.2, 0.25) is 0 Å². The average Bonchev–Trinajstić information content (AvgIpc) is 2.30. The minimum Gasteiger partial charge on any atom is -0.481 e. The molecule has 0 unspecified atom stereocenters. The molecule has 4 nitrogen and oxygen atoms in total. The van der Waals surface area contributed by atoms with Crippen LogP contribution in [0.25, 0.3) is 0 Å². The summed E-state index contributed by atoms with van der Waals surface area (Å²) in [5.41, 5.74) is 1.72. The van der Waals surface area contributed by atoms with Crippen LogP contribution in [0, 0.1) is 0 Å². The van der Waals surface area contributed by atoms with Crippen molar-refractivity contribution >= 4 is 5.97 Å². The number of hydrogen-bond acceptors (Lipinski definition) is 3. The Kier molecular flexibility index (Phi) is 6.29. The molecule has 0 fully saturated rings. The van der Waals surface area contributed by atoms with Crippen LogP contribution in [-0.2, 0) is 27.3 Å². The first kappa shape index (κ1) is 13.7. The van der Waals surface area contributed by atoms with E-state index in [1.807, 2.05) is 31.2 Å². The molecular formula is C13H18O4. The molecule has 0 aliphatic carbocycles. The highest BCUT2D eigenvalue weighted by atomic mass is 16.5. The molecule has 0 aliphatic heterocycles. The summed E-state index contributed by atoms with van der Waals surface area (Å²) in [4.78, 5) is 10.7. The SMILES string of the molecule is CCOCCOCc1ccccc1CC(=O)O. The molecule has 94 valence electrons. The van der Waals surface area contributed by atoms with Gasteiger partial charge in [0.15, 0.2) is 0 Å². The minimum absolute atomic E-state index is 0.0327. The van der Waals surface area contributed by atoms with Crippen LogP contribution >= 0.6 is 0 Å². The molecule has 0 atom stereocenters. The normalized spacial score (nSPS) is 10.4. The number of carboxylic acid groups (broad SMARTS) is 1. The van der Waals surface area contributed by atoms with Crippen LogP contribution in [0.4, 0.5) is 0 Å². The Bertz CT molecular complexity index is 349. The molecule has 1 N–H and O–H groups in total. The fourth-order valence-corrected chi connectivity index (χ4v) is 1.48. The topological polar surface area (TPSA) is 55.8 Å². The summed E-state index contributed by atoms with van der Waals surface area (Å²) < 4.78 is 10.6. The summed E-state index contributed by atoms with van der Waals surface area (Å²) in [5.74, 6) is -0.827. The van der Waals surface area contributed by atoms with Crippen molar-refractivity contribution in [1.29, 1.82) is 0 Å². The van der Waals surface area contributed by atoms with Gasteiger partial charge in [0.25, 0.3) is 0 Å². The number of carbonyl (C=O) groups is 1. The zero-order valence-electron chi connectivity index (χ0n) is 10.0. The van der Waals surface area contributed by atoms with Crippen molar-refractivity contribution in [3.63, 3.8) is 0 Å². The molecule has 1 rings (SSSR count). The van der Waals surface area contributed by atoms with Crippen LogP contribution in [0.1, 0.15) is 18.1 Å². The standard InChI is InChI=1S/C13H18O4/c1-2-16-7-8-17-10-12-6-4-3-5-11(12)9-13(14)15/h3-6H,2,7-10H2,1H3,(H,14,15). The second-order valence-electron chi connectivity index (χ2n) is 3.59. The molecular weight excluding hydrogens is 220 g/mol. The summed E-state index contributed by atoms with van der Waals surface area (Å²) in [5, 5.41) is 8.77. The largest absolute Gasteiger partial charge is 0.481 e. The third-order valence-electron chi connectivity index (χ3n) is 2.29. The van der Waals surface area contributed by atoms with E-state index in [9.17, 15) is 4.79 Å². The van der Waals surface area contributed by atoms with Gasteiger partial charge in [-0.05, 0) is 18.1 Å². The summed E-state index contributed by atoms with van der Waals surface area (Å²) in [7, 11) is 0. The van der Waals surface area contributed by atoms with Crippen LogP contribution in [0.15, 0.2) is 24.3 Å². The van der Waals surface area contributed by atoms with Crippen molar-refractivity contribution in [2.24, 2.45) is 0 Å². The Hall–Kier alpha value is -1.39. The van der Waals surface area contributed by atoms with Crippen molar-refractivity contribution < 1.29 is 19.4 Å². The third kappa shape index (κ3) is 5.47. The molecule has 0 spiro atoms. The second-order valence-corrected chi connectivity index (χ2v) is 3.59. The molecule has 1 aromatic carbocycles. The van der Waals surface area contributed by atoms with E-state index in [2.05, 4.69) is 0 Å². The van der Waals surface area contributed by atoms with E-state index >= 15 is 0 Å². The first-order chi connectivity index (χ1) is 8.24. The Morgan fingerprint density at radius 2 is 1.82 bits per heavy atom. The molecule has 0 aromatic heterocycles. The first-order valence-electron chi connectivity index (χ1n) is 5.68. The highest BCUT2D eigenvalue weighted by Crippen LogP contribution is 2.10. The van der Waals surface area contributed by atoms with Crippen molar-refractivity contribution in [3.8, 4) is 0 Å². The predicted octanol–water partition coefficient (Wildman–Crippen LogP) is 1.87. The maximum absolute atomic E-state index is 10.7.